The Labute approximate surface area is 345 Å². The van der Waals surface area contributed by atoms with Crippen LogP contribution in [0.5, 0.6) is 0 Å². The second kappa shape index (κ2) is 23.2. The molecule has 0 radical (unpaired) electrons. The number of carbonyl (C=O) groups excluding carboxylic acids is 4. The molecule has 3 amide bonds. The zero-order valence-electron chi connectivity index (χ0n) is 30.9. The zero-order valence-corrected chi connectivity index (χ0v) is 36.1. The molecule has 0 saturated carbocycles. The lowest BCUT2D eigenvalue weighted by molar-refractivity contribution is -0.139. The van der Waals surface area contributed by atoms with Gasteiger partial charge in [0.05, 0.1) is 24.1 Å². The number of anilines is 1. The number of unbranched alkanes of at least 4 members (excludes halogenated alkanes) is 3. The molecule has 2 aromatic heterocycles. The molecule has 7 atom stereocenters. The molecule has 0 bridgehead atoms. The van der Waals surface area contributed by atoms with Gasteiger partial charge in [0.2, 0.25) is 17.6 Å². The minimum absolute atomic E-state index is 0.0442. The summed E-state index contributed by atoms with van der Waals surface area (Å²) in [7, 11) is -14.3. The number of nitrogen functional groups attached to an aromatic ring is 1. The van der Waals surface area contributed by atoms with Crippen LogP contribution in [0.25, 0.3) is 11.0 Å². The highest BCUT2D eigenvalue weighted by atomic mass is 33.1. The predicted molar refractivity (Wildman–Crippen MR) is 214 cm³/mol. The van der Waals surface area contributed by atoms with Gasteiger partial charge >= 0.3 is 23.5 Å². The van der Waals surface area contributed by atoms with Crippen molar-refractivity contribution in [3.05, 3.63) is 18.1 Å². The molecule has 1 aliphatic rings. The molecular formula is C28H47N8O16P3S3. The largest absolute Gasteiger partial charge is 0.490 e. The average Bonchev–Trinajstić information content (AvgIpc) is 3.70. The maximum atomic E-state index is 12.9. The number of phosphoric ester groups is 1. The molecule has 3 rings (SSSR count). The van der Waals surface area contributed by atoms with E-state index in [2.05, 4.69) is 58.6 Å². The molecule has 58 heavy (non-hydrogen) atoms. The number of aromatic nitrogens is 3. The molecule has 3 heterocycles. The van der Waals surface area contributed by atoms with Crippen molar-refractivity contribution in [3.8, 4) is 0 Å². The maximum absolute atomic E-state index is 12.9. The van der Waals surface area contributed by atoms with Crippen molar-refractivity contribution in [1.29, 1.82) is 0 Å². The van der Waals surface area contributed by atoms with Crippen LogP contribution < -0.4 is 27.4 Å². The van der Waals surface area contributed by atoms with Crippen molar-refractivity contribution in [2.45, 2.75) is 82.5 Å². The first kappa shape index (κ1) is 50.2. The summed E-state index contributed by atoms with van der Waals surface area (Å²) in [5.41, 5.74) is 12.5. The summed E-state index contributed by atoms with van der Waals surface area (Å²) in [5, 5.41) is 18.9. The van der Waals surface area contributed by atoms with E-state index in [0.29, 0.717) is 23.2 Å². The minimum atomic E-state index is -5.76. The second-order valence-electron chi connectivity index (χ2n) is 12.5. The molecule has 6 unspecified atom stereocenters. The number of Topliss-reactive ketones (excluding diaryl/α,β-unsaturated/α-hetero) is 1. The summed E-state index contributed by atoms with van der Waals surface area (Å²) in [6, 6.07) is -2.15. The lowest BCUT2D eigenvalue weighted by Gasteiger charge is -2.19. The SMILES string of the molecule is CCCCCCNC(=O)C(CSSCCC(=O)NCc1cn(C2CC(O)C(COP(=O)(O)OP(=O)(O)OP(=O)(O)O)O2)c2ncnc(N)c12)NC(=O)C(=O)[C@@H](N)CS. The Morgan fingerprint density at radius 2 is 1.79 bits per heavy atom. The number of ether oxygens (including phenoxy) is 1. The molecule has 2 aromatic rings. The van der Waals surface area contributed by atoms with Gasteiger partial charge in [-0.1, -0.05) is 47.8 Å². The fourth-order valence-electron chi connectivity index (χ4n) is 5.19. The number of ketones is 1. The third-order valence-electron chi connectivity index (χ3n) is 7.96. The number of amides is 3. The van der Waals surface area contributed by atoms with Crippen molar-refractivity contribution in [1.82, 2.24) is 30.5 Å². The number of hydrogen-bond acceptors (Lipinski definition) is 19. The van der Waals surface area contributed by atoms with Crippen molar-refractivity contribution >= 4 is 98.0 Å². The first-order chi connectivity index (χ1) is 27.2. The summed E-state index contributed by atoms with van der Waals surface area (Å²) in [5.74, 6) is -2.29. The number of rotatable bonds is 26. The van der Waals surface area contributed by atoms with E-state index in [1.54, 1.807) is 6.20 Å². The van der Waals surface area contributed by atoms with Crippen LogP contribution in [0.4, 0.5) is 5.82 Å². The fraction of sp³-hybridized carbons (Fsp3) is 0.643. The average molecular weight is 941 g/mol. The number of thiol groups is 1. The highest BCUT2D eigenvalue weighted by Crippen LogP contribution is 2.66. The molecule has 1 saturated heterocycles. The summed E-state index contributed by atoms with van der Waals surface area (Å²) >= 11 is 3.94. The van der Waals surface area contributed by atoms with E-state index in [4.69, 9.17) is 26.0 Å². The first-order valence-electron chi connectivity index (χ1n) is 17.4. The molecule has 24 nitrogen and oxygen atoms in total. The number of nitrogens with zero attached hydrogens (tertiary/aromatic N) is 3. The highest BCUT2D eigenvalue weighted by molar-refractivity contribution is 8.76. The van der Waals surface area contributed by atoms with E-state index in [9.17, 15) is 47.8 Å². The van der Waals surface area contributed by atoms with Gasteiger partial charge < -0.3 is 61.4 Å². The third-order valence-corrected chi connectivity index (χ3v) is 14.6. The standard InChI is InChI=1S/C28H47N8O16P3S3/c1-2-3-4-5-7-31-27(40)18(35-28(41)24(39)17(29)13-56)14-58-57-8-6-21(38)32-10-16-11-36(26-23(16)25(30)33-15-34-26)22-9-19(37)20(50-22)12-49-54(45,46)52-55(47,48)51-53(42,43)44/h11,15,17-20,22,37,56H,2-10,12-14,29H2,1H3,(H,31,40)(H,32,38)(H,35,41)(H,45,46)(H,47,48)(H2,30,33,34)(H2,42,43,44)/t17-,18?,19?,20?,22?/m0/s1. The number of nitrogens with one attached hydrogen (secondary N) is 3. The van der Waals surface area contributed by atoms with E-state index in [1.165, 1.54) is 32.5 Å². The Hall–Kier alpha value is -2.16. The molecule has 12 N–H and O–H groups in total. The lowest BCUT2D eigenvalue weighted by atomic mass is 10.2. The monoisotopic (exact) mass is 940 g/mol. The van der Waals surface area contributed by atoms with E-state index in [-0.39, 0.29) is 48.3 Å². The van der Waals surface area contributed by atoms with Gasteiger partial charge in [-0.2, -0.15) is 21.3 Å². The van der Waals surface area contributed by atoms with E-state index >= 15 is 0 Å². The number of hydrogen-bond donors (Lipinski definition) is 11. The van der Waals surface area contributed by atoms with Gasteiger partial charge in [0, 0.05) is 55.0 Å². The Morgan fingerprint density at radius 1 is 1.07 bits per heavy atom. The van der Waals surface area contributed by atoms with Gasteiger partial charge in [0.15, 0.2) is 0 Å². The number of fused-ring (bicyclic) bond motifs is 1. The van der Waals surface area contributed by atoms with Crippen LogP contribution in [-0.4, -0.2) is 117 Å². The Bertz CT molecular complexity index is 1890. The number of aliphatic hydroxyl groups excluding tert-OH is 1. The van der Waals surface area contributed by atoms with Gasteiger partial charge in [-0.3, -0.25) is 23.7 Å². The molecule has 0 aromatic carbocycles. The molecule has 328 valence electrons. The molecular weight excluding hydrogens is 893 g/mol. The summed E-state index contributed by atoms with van der Waals surface area (Å²) in [4.78, 5) is 95.1. The lowest BCUT2D eigenvalue weighted by Crippen LogP contribution is -2.53. The third kappa shape index (κ3) is 16.4. The minimum Gasteiger partial charge on any atom is -0.390 e. The zero-order chi connectivity index (χ0) is 43.3. The van der Waals surface area contributed by atoms with Crippen LogP contribution in [0.3, 0.4) is 0 Å². The van der Waals surface area contributed by atoms with Crippen molar-refractivity contribution < 1.29 is 75.4 Å². The van der Waals surface area contributed by atoms with Crippen LogP contribution in [0, 0.1) is 0 Å². The fourth-order valence-corrected chi connectivity index (χ4v) is 10.5. The molecule has 30 heteroatoms. The van der Waals surface area contributed by atoms with Gasteiger partial charge in [0.25, 0.3) is 5.91 Å². The Balaban J connectivity index is 1.55. The summed E-state index contributed by atoms with van der Waals surface area (Å²) in [6.07, 6.45) is 2.73. The van der Waals surface area contributed by atoms with Gasteiger partial charge in [0.1, 0.15) is 36.2 Å². The molecule has 0 spiro atoms. The topological polar surface area (TPSA) is 376 Å². The Kier molecular flexibility index (Phi) is 20.0. The number of phosphoric acid groups is 3. The smallest absolute Gasteiger partial charge is 0.390 e. The van der Waals surface area contributed by atoms with Crippen LogP contribution in [0.1, 0.15) is 57.2 Å². The Morgan fingerprint density at radius 3 is 2.47 bits per heavy atom. The number of aliphatic hydroxyl groups is 1. The predicted octanol–water partition coefficient (Wildman–Crippen LogP) is 0.400. The van der Waals surface area contributed by atoms with Crippen molar-refractivity contribution in [3.63, 3.8) is 0 Å². The quantitative estimate of drug-likeness (QED) is 0.0200. The van der Waals surface area contributed by atoms with Crippen molar-refractivity contribution in [2.24, 2.45) is 5.73 Å². The van der Waals surface area contributed by atoms with Crippen LogP contribution in [-0.2, 0) is 57.3 Å². The van der Waals surface area contributed by atoms with E-state index in [0.717, 1.165) is 25.7 Å². The van der Waals surface area contributed by atoms with E-state index in [1.807, 2.05) is 0 Å². The molecule has 1 fully saturated rings. The normalized spacial score (nSPS) is 20.2. The first-order valence-corrected chi connectivity index (χ1v) is 25.0. The van der Waals surface area contributed by atoms with Gasteiger partial charge in [-0.25, -0.2) is 23.7 Å². The van der Waals surface area contributed by atoms with Crippen LogP contribution in [0.15, 0.2) is 12.5 Å². The summed E-state index contributed by atoms with van der Waals surface area (Å²) < 4.78 is 53.9. The second-order valence-corrected chi connectivity index (χ2v) is 19.9. The van der Waals surface area contributed by atoms with Gasteiger partial charge in [-0.05, 0) is 6.42 Å². The number of nitrogens with two attached hydrogens (primary N) is 2. The van der Waals surface area contributed by atoms with E-state index < -0.39 is 78.2 Å². The summed E-state index contributed by atoms with van der Waals surface area (Å²) in [6.45, 7) is 1.54. The highest BCUT2D eigenvalue weighted by Gasteiger charge is 2.43. The maximum Gasteiger partial charge on any atom is 0.490 e. The number of carbonyl (C=O) groups is 4. The van der Waals surface area contributed by atoms with Gasteiger partial charge in [-0.15, -0.1) is 0 Å². The van der Waals surface area contributed by atoms with Crippen molar-refractivity contribution in [2.75, 3.05) is 36.1 Å². The van der Waals surface area contributed by atoms with Crippen LogP contribution >= 0.6 is 57.7 Å². The molecule has 0 aliphatic carbocycles. The van der Waals surface area contributed by atoms with Crippen LogP contribution in [0.2, 0.25) is 0 Å². The molecule has 1 aliphatic heterocycles.